The molecule has 8 heteroatoms. The molecule has 152 valence electrons. The molecule has 4 rings (SSSR count). The third-order valence-corrected chi connectivity index (χ3v) is 5.75. The molecule has 3 N–H and O–H groups in total. The maximum Gasteiger partial charge on any atom is 0.303 e. The molecule has 3 heterocycles. The molecule has 0 spiro atoms. The van der Waals surface area contributed by atoms with Crippen molar-refractivity contribution in [2.45, 2.75) is 25.7 Å². The van der Waals surface area contributed by atoms with Crippen LogP contribution < -0.4 is 5.73 Å². The molecule has 1 aromatic carbocycles. The largest absolute Gasteiger partial charge is 0.481 e. The topological polar surface area (TPSA) is 106 Å². The number of unbranched alkanes of at least 4 members (excludes halogenated alkanes) is 1. The molecule has 30 heavy (non-hydrogen) atoms. The van der Waals surface area contributed by atoms with Gasteiger partial charge in [-0.2, -0.15) is 9.61 Å². The molecule has 0 amide bonds. The van der Waals surface area contributed by atoms with Crippen LogP contribution in [0, 0.1) is 0 Å². The molecular formula is C22H20BrN5O2. The van der Waals surface area contributed by atoms with Crippen LogP contribution in [0.25, 0.3) is 28.0 Å². The lowest BCUT2D eigenvalue weighted by atomic mass is 10.1. The summed E-state index contributed by atoms with van der Waals surface area (Å²) >= 11 is 3.51. The Morgan fingerprint density at radius 3 is 2.57 bits per heavy atom. The van der Waals surface area contributed by atoms with E-state index < -0.39 is 5.97 Å². The number of carboxylic acid groups (broad SMARTS) is 1. The number of rotatable bonds is 7. The van der Waals surface area contributed by atoms with Crippen molar-refractivity contribution in [3.63, 3.8) is 0 Å². The monoisotopic (exact) mass is 465 g/mol. The van der Waals surface area contributed by atoms with Gasteiger partial charge in [0, 0.05) is 29.3 Å². The van der Waals surface area contributed by atoms with Crippen LogP contribution >= 0.6 is 15.9 Å². The minimum absolute atomic E-state index is 0.146. The number of hydrogen-bond acceptors (Lipinski definition) is 5. The Morgan fingerprint density at radius 2 is 1.87 bits per heavy atom. The summed E-state index contributed by atoms with van der Waals surface area (Å²) in [7, 11) is 0. The predicted octanol–water partition coefficient (Wildman–Crippen LogP) is 4.60. The van der Waals surface area contributed by atoms with E-state index >= 15 is 0 Å². The first-order valence-electron chi connectivity index (χ1n) is 9.60. The Kier molecular flexibility index (Phi) is 5.76. The average Bonchev–Trinajstić information content (AvgIpc) is 3.19. The van der Waals surface area contributed by atoms with E-state index in [-0.39, 0.29) is 6.42 Å². The molecule has 0 unspecified atom stereocenters. The van der Waals surface area contributed by atoms with Crippen LogP contribution in [0.3, 0.4) is 0 Å². The Hall–Kier alpha value is -3.26. The van der Waals surface area contributed by atoms with Gasteiger partial charge in [-0.05, 0) is 41.3 Å². The number of hydrogen-bond donors (Lipinski definition) is 2. The van der Waals surface area contributed by atoms with Crippen LogP contribution in [0.1, 0.15) is 25.0 Å². The van der Waals surface area contributed by atoms with E-state index in [1.54, 1.807) is 10.7 Å². The number of benzene rings is 1. The number of carbonyl (C=O) groups is 1. The highest BCUT2D eigenvalue weighted by molar-refractivity contribution is 9.10. The van der Waals surface area contributed by atoms with E-state index in [2.05, 4.69) is 26.0 Å². The van der Waals surface area contributed by atoms with Gasteiger partial charge in [-0.3, -0.25) is 9.78 Å². The lowest BCUT2D eigenvalue weighted by Crippen LogP contribution is -2.06. The van der Waals surface area contributed by atoms with Crippen molar-refractivity contribution in [2.75, 3.05) is 5.73 Å². The van der Waals surface area contributed by atoms with Gasteiger partial charge in [0.2, 0.25) is 0 Å². The number of aliphatic carboxylic acids is 1. The van der Waals surface area contributed by atoms with Crippen molar-refractivity contribution in [2.24, 2.45) is 0 Å². The summed E-state index contributed by atoms with van der Waals surface area (Å²) in [4.78, 5) is 20.1. The number of aromatic nitrogens is 4. The molecule has 0 fully saturated rings. The van der Waals surface area contributed by atoms with Gasteiger partial charge < -0.3 is 10.8 Å². The fraction of sp³-hybridized carbons (Fsp3) is 0.182. The van der Waals surface area contributed by atoms with E-state index in [0.717, 1.165) is 28.1 Å². The lowest BCUT2D eigenvalue weighted by molar-refractivity contribution is -0.137. The smallest absolute Gasteiger partial charge is 0.303 e. The number of carboxylic acids is 1. The predicted molar refractivity (Wildman–Crippen MR) is 119 cm³/mol. The molecule has 3 aromatic heterocycles. The van der Waals surface area contributed by atoms with Gasteiger partial charge in [0.05, 0.1) is 22.1 Å². The number of nitrogen functional groups attached to an aromatic ring is 1. The first kappa shape index (κ1) is 20.0. The van der Waals surface area contributed by atoms with Crippen LogP contribution in [0.15, 0.2) is 59.3 Å². The number of halogens is 1. The molecule has 0 atom stereocenters. The van der Waals surface area contributed by atoms with Crippen LogP contribution in [-0.4, -0.2) is 30.7 Å². The summed E-state index contributed by atoms with van der Waals surface area (Å²) in [5.41, 5.74) is 11.4. The third-order valence-electron chi connectivity index (χ3n) is 4.89. The Balaban J connectivity index is 1.65. The SMILES string of the molecule is Nc1c(Br)c(CCCCC(=O)O)nc2c(-c3ccc(-c4ccccc4)nc3)cnn12. The second kappa shape index (κ2) is 8.62. The Labute approximate surface area is 181 Å². The fourth-order valence-corrected chi connectivity index (χ4v) is 3.77. The van der Waals surface area contributed by atoms with E-state index in [9.17, 15) is 4.79 Å². The van der Waals surface area contributed by atoms with Crippen molar-refractivity contribution in [3.05, 3.63) is 65.0 Å². The summed E-state index contributed by atoms with van der Waals surface area (Å²) in [6, 6.07) is 14.0. The number of nitrogens with zero attached hydrogens (tertiary/aromatic N) is 4. The zero-order chi connectivity index (χ0) is 21.1. The molecule has 0 saturated carbocycles. The lowest BCUT2D eigenvalue weighted by Gasteiger charge is -2.09. The zero-order valence-corrected chi connectivity index (χ0v) is 17.7. The summed E-state index contributed by atoms with van der Waals surface area (Å²) in [6.07, 6.45) is 5.62. The normalized spacial score (nSPS) is 11.1. The molecule has 0 aliphatic heterocycles. The van der Waals surface area contributed by atoms with Crippen molar-refractivity contribution < 1.29 is 9.90 Å². The van der Waals surface area contributed by atoms with E-state index in [4.69, 9.17) is 15.8 Å². The molecule has 7 nitrogen and oxygen atoms in total. The second-order valence-corrected chi connectivity index (χ2v) is 7.74. The highest BCUT2D eigenvalue weighted by atomic mass is 79.9. The first-order chi connectivity index (χ1) is 14.5. The van der Waals surface area contributed by atoms with Gasteiger partial charge in [0.25, 0.3) is 0 Å². The van der Waals surface area contributed by atoms with Gasteiger partial charge in [0.15, 0.2) is 5.65 Å². The van der Waals surface area contributed by atoms with Crippen LogP contribution in [0.4, 0.5) is 5.82 Å². The van der Waals surface area contributed by atoms with Gasteiger partial charge in [0.1, 0.15) is 5.82 Å². The second-order valence-electron chi connectivity index (χ2n) is 6.95. The highest BCUT2D eigenvalue weighted by Gasteiger charge is 2.16. The number of aryl methyl sites for hydroxylation is 1. The van der Waals surface area contributed by atoms with Crippen molar-refractivity contribution in [3.8, 4) is 22.4 Å². The number of nitrogens with two attached hydrogens (primary N) is 1. The molecule has 0 radical (unpaired) electrons. The highest BCUT2D eigenvalue weighted by Crippen LogP contribution is 2.31. The molecule has 0 aliphatic rings. The summed E-state index contributed by atoms with van der Waals surface area (Å²) in [5.74, 6) is -0.324. The molecule has 0 saturated heterocycles. The summed E-state index contributed by atoms with van der Waals surface area (Å²) in [6.45, 7) is 0. The van der Waals surface area contributed by atoms with Gasteiger partial charge in [-0.15, -0.1) is 0 Å². The molecule has 0 aliphatic carbocycles. The van der Waals surface area contributed by atoms with E-state index in [1.807, 2.05) is 48.7 Å². The molecule has 0 bridgehead atoms. The van der Waals surface area contributed by atoms with E-state index in [1.165, 1.54) is 0 Å². The van der Waals surface area contributed by atoms with Gasteiger partial charge in [-0.25, -0.2) is 4.98 Å². The number of anilines is 1. The van der Waals surface area contributed by atoms with Crippen molar-refractivity contribution in [1.82, 2.24) is 19.6 Å². The number of pyridine rings is 1. The van der Waals surface area contributed by atoms with Gasteiger partial charge >= 0.3 is 5.97 Å². The summed E-state index contributed by atoms with van der Waals surface area (Å²) in [5, 5.41) is 13.2. The maximum absolute atomic E-state index is 10.7. The van der Waals surface area contributed by atoms with Gasteiger partial charge in [-0.1, -0.05) is 36.4 Å². The molecular weight excluding hydrogens is 446 g/mol. The zero-order valence-electron chi connectivity index (χ0n) is 16.1. The Bertz CT molecular complexity index is 1190. The fourth-order valence-electron chi connectivity index (χ4n) is 3.31. The van der Waals surface area contributed by atoms with Crippen molar-refractivity contribution >= 4 is 33.4 Å². The Morgan fingerprint density at radius 1 is 1.07 bits per heavy atom. The van der Waals surface area contributed by atoms with Crippen LogP contribution in [0.2, 0.25) is 0 Å². The third kappa shape index (κ3) is 4.04. The summed E-state index contributed by atoms with van der Waals surface area (Å²) < 4.78 is 2.29. The molecule has 4 aromatic rings. The average molecular weight is 466 g/mol. The number of fused-ring (bicyclic) bond motifs is 1. The minimum Gasteiger partial charge on any atom is -0.481 e. The standard InChI is InChI=1S/C22H20BrN5O2/c23-20-18(8-4-5-9-19(29)30)27-22-16(13-26-28(22)21(20)24)15-10-11-17(25-12-15)14-6-2-1-3-7-14/h1-3,6-7,10-13H,4-5,8-9,24H2,(H,29,30). The van der Waals surface area contributed by atoms with Crippen molar-refractivity contribution in [1.29, 1.82) is 0 Å². The van der Waals surface area contributed by atoms with Crippen LogP contribution in [-0.2, 0) is 11.2 Å². The quantitative estimate of drug-likeness (QED) is 0.386. The maximum atomic E-state index is 10.7. The minimum atomic E-state index is -0.790. The first-order valence-corrected chi connectivity index (χ1v) is 10.4. The van der Waals surface area contributed by atoms with E-state index in [0.29, 0.717) is 35.2 Å². The van der Waals surface area contributed by atoms with Crippen LogP contribution in [0.5, 0.6) is 0 Å².